The van der Waals surface area contributed by atoms with Gasteiger partial charge < -0.3 is 9.84 Å². The molecule has 0 fully saturated rings. The lowest BCUT2D eigenvalue weighted by molar-refractivity contribution is -0.145. The Morgan fingerprint density at radius 2 is 1.14 bits per heavy atom. The zero-order chi connectivity index (χ0) is 27.2. The molecule has 1 unspecified atom stereocenters. The van der Waals surface area contributed by atoms with Crippen molar-refractivity contribution in [1.82, 2.24) is 0 Å². The molecule has 0 aliphatic rings. The quantitative estimate of drug-likeness (QED) is 0.0667. The second kappa shape index (κ2) is 28.7. The van der Waals surface area contributed by atoms with E-state index in [0.717, 1.165) is 44.9 Å². The summed E-state index contributed by atoms with van der Waals surface area (Å²) in [6.45, 7) is 4.38. The molecule has 0 rings (SSSR count). The monoisotopic (exact) mass is 518 g/mol. The fourth-order valence-corrected chi connectivity index (χ4v) is 4.32. The molecule has 1 N–H and O–H groups in total. The maximum absolute atomic E-state index is 12.4. The van der Waals surface area contributed by atoms with Gasteiger partial charge in [-0.3, -0.25) is 9.59 Å². The maximum Gasteiger partial charge on any atom is 0.306 e. The number of unbranched alkanes of at least 4 members (excludes halogenated alkanes) is 16. The first-order valence-electron chi connectivity index (χ1n) is 15.5. The maximum atomic E-state index is 12.4. The van der Waals surface area contributed by atoms with Crippen LogP contribution in [0.4, 0.5) is 0 Å². The average molecular weight is 519 g/mol. The molecule has 0 heterocycles. The topological polar surface area (TPSA) is 63.6 Å². The average Bonchev–Trinajstić information content (AvgIpc) is 2.87. The summed E-state index contributed by atoms with van der Waals surface area (Å²) in [5.74, 6) is -0.854. The Kier molecular flexibility index (Phi) is 27.3. The molecule has 0 spiro atoms. The minimum absolute atomic E-state index is 0.121. The van der Waals surface area contributed by atoms with E-state index in [2.05, 4.69) is 32.1 Å². The van der Waals surface area contributed by atoms with Crippen LogP contribution in [0, 0.1) is 0 Å². The molecule has 0 aromatic carbocycles. The zero-order valence-corrected chi connectivity index (χ0v) is 24.3. The molecule has 0 saturated heterocycles. The van der Waals surface area contributed by atoms with Gasteiger partial charge in [0, 0.05) is 12.8 Å². The number of aliphatic carboxylic acids is 1. The first kappa shape index (κ1) is 35.2. The highest BCUT2D eigenvalue weighted by Crippen LogP contribution is 2.14. The number of rotatable bonds is 27. The summed E-state index contributed by atoms with van der Waals surface area (Å²) in [5.41, 5.74) is 0. The smallest absolute Gasteiger partial charge is 0.306 e. The zero-order valence-electron chi connectivity index (χ0n) is 24.3. The van der Waals surface area contributed by atoms with Crippen molar-refractivity contribution in [2.24, 2.45) is 0 Å². The van der Waals surface area contributed by atoms with Crippen LogP contribution in [0.1, 0.15) is 155 Å². The molecule has 0 amide bonds. The van der Waals surface area contributed by atoms with Crippen molar-refractivity contribution < 1.29 is 19.4 Å². The van der Waals surface area contributed by atoms with Crippen molar-refractivity contribution in [3.8, 4) is 0 Å². The van der Waals surface area contributed by atoms with Gasteiger partial charge in [-0.1, -0.05) is 128 Å². The molecule has 0 radical (unpaired) electrons. The Morgan fingerprint density at radius 1 is 0.622 bits per heavy atom. The summed E-state index contributed by atoms with van der Waals surface area (Å²) in [5, 5.41) is 8.71. The summed E-state index contributed by atoms with van der Waals surface area (Å²) >= 11 is 0. The van der Waals surface area contributed by atoms with E-state index in [9.17, 15) is 9.59 Å². The third-order valence-electron chi connectivity index (χ3n) is 6.59. The van der Waals surface area contributed by atoms with Gasteiger partial charge in [-0.05, 0) is 50.7 Å². The fraction of sp³-hybridized carbons (Fsp3) is 0.758. The number of hydrogen-bond acceptors (Lipinski definition) is 3. The molecule has 0 aromatic rings. The second-order valence-corrected chi connectivity index (χ2v) is 10.3. The molecule has 0 saturated carbocycles. The van der Waals surface area contributed by atoms with Gasteiger partial charge in [-0.2, -0.15) is 0 Å². The molecular formula is C33H58O4. The molecule has 214 valence electrons. The predicted octanol–water partition coefficient (Wildman–Crippen LogP) is 10.3. The number of carbonyl (C=O) groups excluding carboxylic acids is 1. The van der Waals surface area contributed by atoms with Crippen molar-refractivity contribution in [3.05, 3.63) is 36.5 Å². The van der Waals surface area contributed by atoms with Crippen LogP contribution in [0.3, 0.4) is 0 Å². The van der Waals surface area contributed by atoms with Crippen molar-refractivity contribution in [2.75, 3.05) is 0 Å². The number of allylic oxidation sites excluding steroid dienone is 4. The van der Waals surface area contributed by atoms with E-state index in [4.69, 9.17) is 9.84 Å². The summed E-state index contributed by atoms with van der Waals surface area (Å²) in [7, 11) is 0. The van der Waals surface area contributed by atoms with Gasteiger partial charge in [-0.15, -0.1) is 0 Å². The van der Waals surface area contributed by atoms with Gasteiger partial charge in [0.1, 0.15) is 6.10 Å². The van der Waals surface area contributed by atoms with Crippen LogP contribution in [0.5, 0.6) is 0 Å². The Labute approximate surface area is 229 Å². The lowest BCUT2D eigenvalue weighted by atomic mass is 10.0. The number of esters is 1. The lowest BCUT2D eigenvalue weighted by Gasteiger charge is -2.11. The molecule has 0 aromatic heterocycles. The van der Waals surface area contributed by atoms with Crippen LogP contribution < -0.4 is 0 Å². The van der Waals surface area contributed by atoms with E-state index < -0.39 is 5.97 Å². The largest absolute Gasteiger partial charge is 0.481 e. The van der Waals surface area contributed by atoms with Gasteiger partial charge in [0.2, 0.25) is 0 Å². The number of carbonyl (C=O) groups is 2. The van der Waals surface area contributed by atoms with Crippen LogP contribution in [0.2, 0.25) is 0 Å². The van der Waals surface area contributed by atoms with Gasteiger partial charge >= 0.3 is 11.9 Å². The number of carboxylic acid groups (broad SMARTS) is 1. The fourth-order valence-electron chi connectivity index (χ4n) is 4.32. The van der Waals surface area contributed by atoms with Gasteiger partial charge in [-0.25, -0.2) is 0 Å². The number of hydrogen-bond donors (Lipinski definition) is 1. The summed E-state index contributed by atoms with van der Waals surface area (Å²) < 4.78 is 5.72. The van der Waals surface area contributed by atoms with Crippen LogP contribution in [-0.2, 0) is 14.3 Å². The van der Waals surface area contributed by atoms with E-state index in [-0.39, 0.29) is 18.5 Å². The second-order valence-electron chi connectivity index (χ2n) is 10.3. The molecule has 4 nitrogen and oxygen atoms in total. The van der Waals surface area contributed by atoms with Gasteiger partial charge in [0.25, 0.3) is 0 Å². The predicted molar refractivity (Wildman–Crippen MR) is 158 cm³/mol. The van der Waals surface area contributed by atoms with E-state index in [1.807, 2.05) is 18.2 Å². The summed E-state index contributed by atoms with van der Waals surface area (Å²) in [6, 6.07) is 0. The first-order chi connectivity index (χ1) is 18.1. The minimum atomic E-state index is -0.733. The van der Waals surface area contributed by atoms with E-state index >= 15 is 0 Å². The lowest BCUT2D eigenvalue weighted by Crippen LogP contribution is -2.13. The third kappa shape index (κ3) is 28.6. The molecular weight excluding hydrogens is 460 g/mol. The van der Waals surface area contributed by atoms with E-state index in [1.165, 1.54) is 77.0 Å². The summed E-state index contributed by atoms with van der Waals surface area (Å²) in [6.07, 6.45) is 36.2. The third-order valence-corrected chi connectivity index (χ3v) is 6.59. The normalized spacial score (nSPS) is 12.7. The summed E-state index contributed by atoms with van der Waals surface area (Å²) in [4.78, 5) is 23.0. The van der Waals surface area contributed by atoms with E-state index in [0.29, 0.717) is 12.8 Å². The number of carboxylic acids is 1. The molecule has 0 bridgehead atoms. The highest BCUT2D eigenvalue weighted by molar-refractivity contribution is 5.69. The molecule has 0 aliphatic carbocycles. The van der Waals surface area contributed by atoms with Crippen molar-refractivity contribution >= 4 is 11.9 Å². The Hall–Kier alpha value is -1.84. The first-order valence-corrected chi connectivity index (χ1v) is 15.5. The molecule has 4 heteroatoms. The Morgan fingerprint density at radius 3 is 1.70 bits per heavy atom. The van der Waals surface area contributed by atoms with Crippen LogP contribution >= 0.6 is 0 Å². The minimum Gasteiger partial charge on any atom is -0.481 e. The van der Waals surface area contributed by atoms with Gasteiger partial charge in [0.15, 0.2) is 0 Å². The molecule has 1 atom stereocenters. The Bertz CT molecular complexity index is 605. The highest BCUT2D eigenvalue weighted by Gasteiger charge is 2.08. The highest BCUT2D eigenvalue weighted by atomic mass is 16.5. The SMILES string of the molecule is CC/C=C\C/C=C\C(/C=C\CCCCCC(=O)O)OC(=O)CCCCCCCCCCCCCCCC. The van der Waals surface area contributed by atoms with Crippen molar-refractivity contribution in [3.63, 3.8) is 0 Å². The van der Waals surface area contributed by atoms with Crippen LogP contribution in [-0.4, -0.2) is 23.1 Å². The molecule has 37 heavy (non-hydrogen) atoms. The van der Waals surface area contributed by atoms with E-state index in [1.54, 1.807) is 0 Å². The molecule has 0 aliphatic heterocycles. The van der Waals surface area contributed by atoms with Crippen molar-refractivity contribution in [2.45, 2.75) is 161 Å². The number of ether oxygens (including phenoxy) is 1. The van der Waals surface area contributed by atoms with Crippen molar-refractivity contribution in [1.29, 1.82) is 0 Å². The Balaban J connectivity index is 4.00. The van der Waals surface area contributed by atoms with Crippen LogP contribution in [0.15, 0.2) is 36.5 Å². The van der Waals surface area contributed by atoms with Gasteiger partial charge in [0.05, 0.1) is 0 Å². The van der Waals surface area contributed by atoms with Crippen LogP contribution in [0.25, 0.3) is 0 Å². The standard InChI is InChI=1S/C33H58O4/c1-3-5-7-9-10-11-12-13-14-15-16-17-22-26-30-33(36)37-31(27-23-19-8-6-4-2)28-24-20-18-21-25-29-32(34)35/h6,8,23-24,27-28,31H,3-5,7,9-22,25-26,29-30H2,1-2H3,(H,34,35)/b8-6-,27-23-,28-24-.